The molecule has 0 aliphatic carbocycles. The van der Waals surface area contributed by atoms with Gasteiger partial charge >= 0.3 is 0 Å². The van der Waals surface area contributed by atoms with Crippen molar-refractivity contribution in [3.8, 4) is 0 Å². The van der Waals surface area contributed by atoms with Crippen molar-refractivity contribution in [2.45, 2.75) is 26.4 Å². The highest BCUT2D eigenvalue weighted by Crippen LogP contribution is 2.25. The van der Waals surface area contributed by atoms with E-state index in [4.69, 9.17) is 9.73 Å². The van der Waals surface area contributed by atoms with Crippen LogP contribution >= 0.6 is 11.3 Å². The number of ether oxygens (including phenoxy) is 1. The van der Waals surface area contributed by atoms with Gasteiger partial charge < -0.3 is 20.7 Å². The summed E-state index contributed by atoms with van der Waals surface area (Å²) in [5.41, 5.74) is 1.73. The summed E-state index contributed by atoms with van der Waals surface area (Å²) < 4.78 is 5.54. The molecule has 1 aromatic carbocycles. The third-order valence-electron chi connectivity index (χ3n) is 5.14. The van der Waals surface area contributed by atoms with Crippen molar-refractivity contribution < 1.29 is 9.53 Å². The fraction of sp³-hybridized carbons (Fsp3) is 0.478. The summed E-state index contributed by atoms with van der Waals surface area (Å²) in [7, 11) is 0. The summed E-state index contributed by atoms with van der Waals surface area (Å²) >= 11 is 1.79. The van der Waals surface area contributed by atoms with Gasteiger partial charge in [0.05, 0.1) is 25.8 Å². The highest BCUT2D eigenvalue weighted by Gasteiger charge is 2.23. The molecule has 1 unspecified atom stereocenters. The lowest BCUT2D eigenvalue weighted by Gasteiger charge is -2.34. The molecule has 1 amide bonds. The third kappa shape index (κ3) is 7.05. The van der Waals surface area contributed by atoms with E-state index in [2.05, 4.69) is 45.3 Å². The first-order valence-corrected chi connectivity index (χ1v) is 11.8. The second-order valence-electron chi connectivity index (χ2n) is 7.31. The summed E-state index contributed by atoms with van der Waals surface area (Å²) in [4.78, 5) is 20.5. The van der Waals surface area contributed by atoms with Crippen molar-refractivity contribution in [3.05, 3.63) is 57.8 Å². The molecule has 0 spiro atoms. The Morgan fingerprint density at radius 2 is 1.84 bits per heavy atom. The quantitative estimate of drug-likeness (QED) is 0.410. The standard InChI is InChI=1S/C23H33N5O2S/c1-3-24-22(29)19-9-7-18(8-10-19)16-26-23(25-4-2)27-17-20(21-6-5-15-31-21)28-11-13-30-14-12-28/h5-10,15,20H,3-4,11-14,16-17H2,1-2H3,(H,24,29)(H2,25,26,27). The monoisotopic (exact) mass is 443 g/mol. The summed E-state index contributed by atoms with van der Waals surface area (Å²) in [6, 6.07) is 12.2. The van der Waals surface area contributed by atoms with E-state index < -0.39 is 0 Å². The average molecular weight is 444 g/mol. The molecule has 31 heavy (non-hydrogen) atoms. The molecular weight excluding hydrogens is 410 g/mol. The lowest BCUT2D eigenvalue weighted by atomic mass is 10.1. The van der Waals surface area contributed by atoms with Gasteiger partial charge in [0.2, 0.25) is 0 Å². The van der Waals surface area contributed by atoms with Crippen molar-refractivity contribution in [3.63, 3.8) is 0 Å². The van der Waals surface area contributed by atoms with E-state index in [1.807, 2.05) is 31.2 Å². The Bertz CT molecular complexity index is 817. The summed E-state index contributed by atoms with van der Waals surface area (Å²) in [6.45, 7) is 10.2. The Labute approximate surface area is 188 Å². The predicted octanol–water partition coefficient (Wildman–Crippen LogP) is 2.63. The molecule has 168 valence electrons. The first kappa shape index (κ1) is 23.2. The zero-order chi connectivity index (χ0) is 21.9. The molecule has 2 heterocycles. The number of carbonyl (C=O) groups is 1. The normalized spacial score (nSPS) is 16.0. The van der Waals surface area contributed by atoms with Crippen LogP contribution in [0.3, 0.4) is 0 Å². The molecule has 1 saturated heterocycles. The lowest BCUT2D eigenvalue weighted by molar-refractivity contribution is 0.0177. The summed E-state index contributed by atoms with van der Waals surface area (Å²) in [5, 5.41) is 11.8. The number of amides is 1. The number of thiophene rings is 1. The Hall–Kier alpha value is -2.42. The van der Waals surface area contributed by atoms with E-state index in [0.29, 0.717) is 24.7 Å². The van der Waals surface area contributed by atoms with Gasteiger partial charge in [-0.05, 0) is 43.0 Å². The fourth-order valence-electron chi connectivity index (χ4n) is 3.51. The average Bonchev–Trinajstić information content (AvgIpc) is 3.33. The number of nitrogens with one attached hydrogen (secondary N) is 3. The van der Waals surface area contributed by atoms with E-state index >= 15 is 0 Å². The maximum atomic E-state index is 11.9. The molecule has 1 fully saturated rings. The van der Waals surface area contributed by atoms with Crippen LogP contribution in [0.5, 0.6) is 0 Å². The van der Waals surface area contributed by atoms with Crippen LogP contribution in [-0.2, 0) is 11.3 Å². The Morgan fingerprint density at radius 1 is 1.10 bits per heavy atom. The van der Waals surface area contributed by atoms with Crippen LogP contribution in [0.1, 0.15) is 40.7 Å². The van der Waals surface area contributed by atoms with Gasteiger partial charge in [0.25, 0.3) is 5.91 Å². The number of benzene rings is 1. The van der Waals surface area contributed by atoms with Gasteiger partial charge in [0.1, 0.15) is 0 Å². The van der Waals surface area contributed by atoms with Crippen LogP contribution < -0.4 is 16.0 Å². The number of carbonyl (C=O) groups excluding carboxylic acids is 1. The molecule has 7 nitrogen and oxygen atoms in total. The first-order valence-electron chi connectivity index (χ1n) is 11.0. The van der Waals surface area contributed by atoms with Crippen molar-refractivity contribution in [1.29, 1.82) is 0 Å². The number of hydrogen-bond acceptors (Lipinski definition) is 5. The first-order chi connectivity index (χ1) is 15.2. The van der Waals surface area contributed by atoms with Crippen molar-refractivity contribution in [1.82, 2.24) is 20.9 Å². The number of hydrogen-bond donors (Lipinski definition) is 3. The minimum Gasteiger partial charge on any atom is -0.379 e. The van der Waals surface area contributed by atoms with Gasteiger partial charge in [-0.15, -0.1) is 11.3 Å². The van der Waals surface area contributed by atoms with Crippen molar-refractivity contribution in [2.24, 2.45) is 4.99 Å². The molecule has 1 atom stereocenters. The number of guanidine groups is 1. The van der Waals surface area contributed by atoms with E-state index in [-0.39, 0.29) is 5.91 Å². The van der Waals surface area contributed by atoms with Crippen molar-refractivity contribution in [2.75, 3.05) is 45.9 Å². The van der Waals surface area contributed by atoms with Gasteiger partial charge in [-0.2, -0.15) is 0 Å². The Balaban J connectivity index is 1.62. The smallest absolute Gasteiger partial charge is 0.251 e. The summed E-state index contributed by atoms with van der Waals surface area (Å²) in [6.07, 6.45) is 0. The molecular formula is C23H33N5O2S. The van der Waals surface area contributed by atoms with E-state index in [1.165, 1.54) is 4.88 Å². The van der Waals surface area contributed by atoms with E-state index in [9.17, 15) is 4.79 Å². The van der Waals surface area contributed by atoms with Crippen LogP contribution in [0.25, 0.3) is 0 Å². The highest BCUT2D eigenvalue weighted by molar-refractivity contribution is 7.10. The Kier molecular flexibility index (Phi) is 9.33. The van der Waals surface area contributed by atoms with E-state index in [1.54, 1.807) is 11.3 Å². The Morgan fingerprint density at radius 3 is 2.48 bits per heavy atom. The van der Waals surface area contributed by atoms with Crippen LogP contribution in [0.15, 0.2) is 46.8 Å². The second kappa shape index (κ2) is 12.4. The largest absolute Gasteiger partial charge is 0.379 e. The third-order valence-corrected chi connectivity index (χ3v) is 6.11. The molecule has 0 saturated carbocycles. The number of nitrogens with zero attached hydrogens (tertiary/aromatic N) is 2. The van der Waals surface area contributed by atoms with Crippen LogP contribution in [0, 0.1) is 0 Å². The molecule has 0 radical (unpaired) electrons. The molecule has 3 N–H and O–H groups in total. The SMILES string of the molecule is CCNC(=O)c1ccc(CN=C(NCC)NCC(c2cccs2)N2CCOCC2)cc1. The fourth-order valence-corrected chi connectivity index (χ4v) is 4.37. The predicted molar refractivity (Wildman–Crippen MR) is 127 cm³/mol. The van der Waals surface area contributed by atoms with Gasteiger partial charge in [-0.25, -0.2) is 4.99 Å². The zero-order valence-electron chi connectivity index (χ0n) is 18.4. The van der Waals surface area contributed by atoms with Gasteiger partial charge in [-0.1, -0.05) is 18.2 Å². The molecule has 3 rings (SSSR count). The topological polar surface area (TPSA) is 78.0 Å². The minimum absolute atomic E-state index is 0.0460. The molecule has 0 bridgehead atoms. The van der Waals surface area contributed by atoms with Crippen LogP contribution in [-0.4, -0.2) is 62.7 Å². The van der Waals surface area contributed by atoms with Gasteiger partial charge in [0.15, 0.2) is 5.96 Å². The van der Waals surface area contributed by atoms with Crippen LogP contribution in [0.4, 0.5) is 0 Å². The van der Waals surface area contributed by atoms with Gasteiger partial charge in [0, 0.05) is 43.2 Å². The van der Waals surface area contributed by atoms with Gasteiger partial charge in [-0.3, -0.25) is 9.69 Å². The maximum Gasteiger partial charge on any atom is 0.251 e. The molecule has 1 aliphatic heterocycles. The highest BCUT2D eigenvalue weighted by atomic mass is 32.1. The summed E-state index contributed by atoms with van der Waals surface area (Å²) in [5.74, 6) is 0.750. The molecule has 1 aliphatic rings. The zero-order valence-corrected chi connectivity index (χ0v) is 19.2. The second-order valence-corrected chi connectivity index (χ2v) is 8.29. The minimum atomic E-state index is -0.0460. The van der Waals surface area contributed by atoms with E-state index in [0.717, 1.165) is 50.9 Å². The maximum absolute atomic E-state index is 11.9. The van der Waals surface area contributed by atoms with Crippen LogP contribution in [0.2, 0.25) is 0 Å². The van der Waals surface area contributed by atoms with Crippen molar-refractivity contribution >= 4 is 23.2 Å². The number of rotatable bonds is 9. The molecule has 8 heteroatoms. The molecule has 1 aromatic heterocycles. The number of morpholine rings is 1. The number of aliphatic imine (C=N–C) groups is 1. The lowest BCUT2D eigenvalue weighted by Crippen LogP contribution is -2.46. The molecule has 2 aromatic rings.